The Morgan fingerprint density at radius 3 is 2.00 bits per heavy atom. The lowest BCUT2D eigenvalue weighted by Gasteiger charge is -2.22. The second kappa shape index (κ2) is 4.53. The third-order valence-corrected chi connectivity index (χ3v) is 2.63. The summed E-state index contributed by atoms with van der Waals surface area (Å²) in [4.78, 5) is 35.7. The first-order valence-corrected chi connectivity index (χ1v) is 5.19. The van der Waals surface area contributed by atoms with Gasteiger partial charge in [-0.15, -0.1) is 0 Å². The molecule has 5 heteroatoms. The number of carbonyl (C=O) groups excluding carboxylic acids is 3. The second-order valence-corrected chi connectivity index (χ2v) is 4.02. The van der Waals surface area contributed by atoms with Crippen molar-refractivity contribution in [3.05, 3.63) is 23.3 Å². The molecule has 1 unspecified atom stereocenters. The summed E-state index contributed by atoms with van der Waals surface area (Å²) in [6.07, 6.45) is -0.924. The zero-order chi connectivity index (χ0) is 13.3. The maximum absolute atomic E-state index is 11.8. The molecule has 1 aliphatic heterocycles. The molecular weight excluding hydrogens is 222 g/mol. The molecule has 92 valence electrons. The molecule has 5 nitrogen and oxygen atoms in total. The molecule has 0 bridgehead atoms. The standard InChI is InChI=1S/C12H15NO4/c1-6(2)12(16)17-9(5)13-10(14)7(3)8(4)11(13)15/h9H,1H2,2-5H3. The van der Waals surface area contributed by atoms with Crippen molar-refractivity contribution in [1.82, 2.24) is 4.90 Å². The van der Waals surface area contributed by atoms with Gasteiger partial charge in [0.1, 0.15) is 0 Å². The van der Waals surface area contributed by atoms with E-state index >= 15 is 0 Å². The van der Waals surface area contributed by atoms with Crippen molar-refractivity contribution in [3.63, 3.8) is 0 Å². The van der Waals surface area contributed by atoms with Crippen LogP contribution in [-0.4, -0.2) is 28.9 Å². The minimum absolute atomic E-state index is 0.220. The quantitative estimate of drug-likeness (QED) is 0.419. The molecule has 0 aromatic carbocycles. The summed E-state index contributed by atoms with van der Waals surface area (Å²) in [6.45, 7) is 9.55. The Morgan fingerprint density at radius 2 is 1.65 bits per heavy atom. The Morgan fingerprint density at radius 1 is 1.24 bits per heavy atom. The molecule has 0 spiro atoms. The lowest BCUT2D eigenvalue weighted by Crippen LogP contribution is -2.42. The molecule has 0 aliphatic carbocycles. The molecule has 17 heavy (non-hydrogen) atoms. The molecule has 1 heterocycles. The van der Waals surface area contributed by atoms with Crippen molar-refractivity contribution in [2.45, 2.75) is 33.9 Å². The SMILES string of the molecule is C=C(C)C(=O)OC(C)N1C(=O)C(C)=C(C)C1=O. The number of hydrogen-bond donors (Lipinski definition) is 0. The van der Waals surface area contributed by atoms with Crippen LogP contribution in [0.25, 0.3) is 0 Å². The molecule has 0 radical (unpaired) electrons. The first kappa shape index (κ1) is 13.2. The van der Waals surface area contributed by atoms with Gasteiger partial charge in [-0.05, 0) is 27.7 Å². The van der Waals surface area contributed by atoms with Gasteiger partial charge >= 0.3 is 5.97 Å². The summed E-state index contributed by atoms with van der Waals surface area (Å²) in [5, 5.41) is 0. The van der Waals surface area contributed by atoms with Crippen LogP contribution in [0.2, 0.25) is 0 Å². The molecule has 0 saturated carbocycles. The first-order valence-electron chi connectivity index (χ1n) is 5.19. The zero-order valence-corrected chi connectivity index (χ0v) is 10.4. The normalized spacial score (nSPS) is 17.5. The Balaban J connectivity index is 2.83. The van der Waals surface area contributed by atoms with Gasteiger partial charge in [0, 0.05) is 16.7 Å². The van der Waals surface area contributed by atoms with E-state index in [0.717, 1.165) is 4.90 Å². The summed E-state index contributed by atoms with van der Waals surface area (Å²) >= 11 is 0. The second-order valence-electron chi connectivity index (χ2n) is 4.02. The molecule has 2 amide bonds. The van der Waals surface area contributed by atoms with E-state index in [4.69, 9.17) is 4.74 Å². The maximum atomic E-state index is 11.8. The van der Waals surface area contributed by atoms with Crippen LogP contribution in [0.5, 0.6) is 0 Å². The Kier molecular flexibility index (Phi) is 3.50. The number of rotatable bonds is 3. The summed E-state index contributed by atoms with van der Waals surface area (Å²) in [5.74, 6) is -1.47. The van der Waals surface area contributed by atoms with Gasteiger partial charge in [0.25, 0.3) is 11.8 Å². The van der Waals surface area contributed by atoms with Crippen molar-refractivity contribution in [1.29, 1.82) is 0 Å². The van der Waals surface area contributed by atoms with E-state index in [1.54, 1.807) is 13.8 Å². The van der Waals surface area contributed by atoms with Crippen molar-refractivity contribution < 1.29 is 19.1 Å². The zero-order valence-electron chi connectivity index (χ0n) is 10.4. The van der Waals surface area contributed by atoms with Crippen molar-refractivity contribution >= 4 is 17.8 Å². The van der Waals surface area contributed by atoms with Crippen LogP contribution in [0.1, 0.15) is 27.7 Å². The molecule has 1 rings (SSSR count). The molecule has 0 N–H and O–H groups in total. The average Bonchev–Trinajstić information content (AvgIpc) is 2.43. The highest BCUT2D eigenvalue weighted by atomic mass is 16.6. The molecule has 0 aromatic rings. The van der Waals surface area contributed by atoms with Gasteiger partial charge in [-0.1, -0.05) is 6.58 Å². The fourth-order valence-electron chi connectivity index (χ4n) is 1.41. The van der Waals surface area contributed by atoms with Gasteiger partial charge in [-0.3, -0.25) is 9.59 Å². The van der Waals surface area contributed by atoms with Crippen LogP contribution in [0.4, 0.5) is 0 Å². The third kappa shape index (κ3) is 2.27. The highest BCUT2D eigenvalue weighted by molar-refractivity contribution is 6.18. The Bertz CT molecular complexity index is 423. The number of ether oxygens (including phenoxy) is 1. The molecule has 1 aliphatic rings. The predicted octanol–water partition coefficient (Wildman–Crippen LogP) is 1.16. The lowest BCUT2D eigenvalue weighted by atomic mass is 10.2. The summed E-state index contributed by atoms with van der Waals surface area (Å²) in [7, 11) is 0. The van der Waals surface area contributed by atoms with Crippen molar-refractivity contribution in [2.24, 2.45) is 0 Å². The van der Waals surface area contributed by atoms with Crippen LogP contribution >= 0.6 is 0 Å². The number of amides is 2. The van der Waals surface area contributed by atoms with Crippen LogP contribution in [0, 0.1) is 0 Å². The molecule has 0 aromatic heterocycles. The van der Waals surface area contributed by atoms with Crippen LogP contribution in [0.15, 0.2) is 23.3 Å². The van der Waals surface area contributed by atoms with Gasteiger partial charge in [0.05, 0.1) is 0 Å². The Hall–Kier alpha value is -1.91. The predicted molar refractivity (Wildman–Crippen MR) is 60.6 cm³/mol. The highest BCUT2D eigenvalue weighted by Gasteiger charge is 2.38. The van der Waals surface area contributed by atoms with E-state index in [1.165, 1.54) is 13.8 Å². The van der Waals surface area contributed by atoms with Gasteiger partial charge in [-0.2, -0.15) is 0 Å². The van der Waals surface area contributed by atoms with Gasteiger partial charge in [0.15, 0.2) is 6.23 Å². The highest BCUT2D eigenvalue weighted by Crippen LogP contribution is 2.22. The van der Waals surface area contributed by atoms with Crippen molar-refractivity contribution in [3.8, 4) is 0 Å². The van der Waals surface area contributed by atoms with Crippen LogP contribution in [0.3, 0.4) is 0 Å². The van der Waals surface area contributed by atoms with Gasteiger partial charge in [0.2, 0.25) is 0 Å². The molecule has 1 atom stereocenters. The molecular formula is C12H15NO4. The minimum atomic E-state index is -0.924. The molecule has 0 fully saturated rings. The smallest absolute Gasteiger partial charge is 0.335 e. The monoisotopic (exact) mass is 237 g/mol. The van der Waals surface area contributed by atoms with Crippen LogP contribution in [-0.2, 0) is 19.1 Å². The maximum Gasteiger partial charge on any atom is 0.335 e. The Labute approximate surface area is 99.7 Å². The van der Waals surface area contributed by atoms with E-state index in [1.807, 2.05) is 0 Å². The summed E-state index contributed by atoms with van der Waals surface area (Å²) in [5.41, 5.74) is 0.985. The topological polar surface area (TPSA) is 63.7 Å². The fraction of sp³-hybridized carbons (Fsp3) is 0.417. The fourth-order valence-corrected chi connectivity index (χ4v) is 1.41. The third-order valence-electron chi connectivity index (χ3n) is 2.63. The van der Waals surface area contributed by atoms with E-state index < -0.39 is 24.0 Å². The van der Waals surface area contributed by atoms with E-state index in [2.05, 4.69) is 6.58 Å². The largest absolute Gasteiger partial charge is 0.438 e. The van der Waals surface area contributed by atoms with Gasteiger partial charge < -0.3 is 4.74 Å². The number of carbonyl (C=O) groups is 3. The molecule has 0 saturated heterocycles. The number of nitrogens with zero attached hydrogens (tertiary/aromatic N) is 1. The number of esters is 1. The van der Waals surface area contributed by atoms with E-state index in [-0.39, 0.29) is 5.57 Å². The van der Waals surface area contributed by atoms with E-state index in [9.17, 15) is 14.4 Å². The summed E-state index contributed by atoms with van der Waals surface area (Å²) in [6, 6.07) is 0. The van der Waals surface area contributed by atoms with E-state index in [0.29, 0.717) is 11.1 Å². The van der Waals surface area contributed by atoms with Crippen molar-refractivity contribution in [2.75, 3.05) is 0 Å². The van der Waals surface area contributed by atoms with Gasteiger partial charge in [-0.25, -0.2) is 9.69 Å². The minimum Gasteiger partial charge on any atom is -0.438 e. The lowest BCUT2D eigenvalue weighted by molar-refractivity contribution is -0.161. The first-order chi connectivity index (χ1) is 7.77. The van der Waals surface area contributed by atoms with Crippen LogP contribution < -0.4 is 0 Å². The number of imide groups is 1. The summed E-state index contributed by atoms with van der Waals surface area (Å²) < 4.78 is 4.95. The number of hydrogen-bond acceptors (Lipinski definition) is 4. The average molecular weight is 237 g/mol.